The Morgan fingerprint density at radius 1 is 1.03 bits per heavy atom. The lowest BCUT2D eigenvalue weighted by Gasteiger charge is -2.28. The minimum absolute atomic E-state index is 0.250. The van der Waals surface area contributed by atoms with Crippen LogP contribution >= 0.6 is 69.6 Å². The molecule has 2 aromatic rings. The summed E-state index contributed by atoms with van der Waals surface area (Å²) in [6, 6.07) is 13.2. The summed E-state index contributed by atoms with van der Waals surface area (Å²) in [6.45, 7) is 4.14. The molecule has 0 spiro atoms. The van der Waals surface area contributed by atoms with Crippen LogP contribution in [0.25, 0.3) is 0 Å². The fourth-order valence-corrected chi connectivity index (χ4v) is 3.61. The molecule has 2 aromatic carbocycles. The number of aryl methyl sites for hydroxylation is 2. The average Bonchev–Trinajstić information content (AvgIpc) is 2.67. The van der Waals surface area contributed by atoms with Gasteiger partial charge in [0, 0.05) is 14.8 Å². The summed E-state index contributed by atoms with van der Waals surface area (Å²) in [5.74, 6) is -0.378. The number of carbonyl (C=O) groups excluding carboxylic acids is 1. The molecule has 0 saturated carbocycles. The van der Waals surface area contributed by atoms with Crippen LogP contribution in [-0.4, -0.2) is 21.0 Å². The van der Waals surface area contributed by atoms with Crippen molar-refractivity contribution in [3.8, 4) is 0 Å². The van der Waals surface area contributed by atoms with Gasteiger partial charge in [-0.2, -0.15) is 0 Å². The Kier molecular flexibility index (Phi) is 9.28. The standard InChI is InChI=1S/C20H21Cl3IN3OS/c1-3-12-6-5-7-13(4-2)16(12)25-19(29)27-18(20(21,22)23)26-17(28)14-8-10-15(24)11-9-14/h5-11,18H,3-4H2,1-2H3,(H,26,28)(H2,25,27,29). The fraction of sp³-hybridized carbons (Fsp3) is 0.300. The Labute approximate surface area is 205 Å². The van der Waals surface area contributed by atoms with E-state index in [0.717, 1.165) is 33.2 Å². The van der Waals surface area contributed by atoms with Gasteiger partial charge in [0.1, 0.15) is 6.17 Å². The SMILES string of the molecule is CCc1cccc(CC)c1NC(=S)NC(NC(=O)c1ccc(I)cc1)C(Cl)(Cl)Cl. The Morgan fingerprint density at radius 3 is 2.07 bits per heavy atom. The van der Waals surface area contributed by atoms with Crippen LogP contribution in [0, 0.1) is 3.57 Å². The van der Waals surface area contributed by atoms with Crippen LogP contribution in [0.1, 0.15) is 35.3 Å². The lowest BCUT2D eigenvalue weighted by molar-refractivity contribution is 0.0934. The van der Waals surface area contributed by atoms with E-state index < -0.39 is 9.96 Å². The smallest absolute Gasteiger partial charge is 0.252 e. The Hall–Kier alpha value is -0.800. The quantitative estimate of drug-likeness (QED) is 0.173. The van der Waals surface area contributed by atoms with Gasteiger partial charge < -0.3 is 16.0 Å². The lowest BCUT2D eigenvalue weighted by atomic mass is 10.0. The van der Waals surface area contributed by atoms with Gasteiger partial charge in [-0.05, 0) is 83.0 Å². The van der Waals surface area contributed by atoms with E-state index in [0.29, 0.717) is 5.56 Å². The third-order valence-electron chi connectivity index (χ3n) is 4.22. The van der Waals surface area contributed by atoms with Crippen molar-refractivity contribution < 1.29 is 4.79 Å². The zero-order valence-corrected chi connectivity index (χ0v) is 21.1. The fourth-order valence-electron chi connectivity index (χ4n) is 2.70. The van der Waals surface area contributed by atoms with Crippen LogP contribution in [0.15, 0.2) is 42.5 Å². The van der Waals surface area contributed by atoms with Gasteiger partial charge >= 0.3 is 0 Å². The van der Waals surface area contributed by atoms with E-state index in [1.54, 1.807) is 12.1 Å². The first-order valence-electron chi connectivity index (χ1n) is 8.97. The normalized spacial score (nSPS) is 12.2. The van der Waals surface area contributed by atoms with Gasteiger partial charge in [0.05, 0.1) is 0 Å². The minimum Gasteiger partial charge on any atom is -0.339 e. The van der Waals surface area contributed by atoms with Crippen molar-refractivity contribution in [2.75, 3.05) is 5.32 Å². The highest BCUT2D eigenvalue weighted by molar-refractivity contribution is 14.1. The number of carbonyl (C=O) groups is 1. The molecule has 1 unspecified atom stereocenters. The molecule has 1 amide bonds. The van der Waals surface area contributed by atoms with Crippen LogP contribution in [0.4, 0.5) is 5.69 Å². The van der Waals surface area contributed by atoms with Crippen molar-refractivity contribution in [1.82, 2.24) is 10.6 Å². The third kappa shape index (κ3) is 7.14. The number of amides is 1. The van der Waals surface area contributed by atoms with Crippen molar-refractivity contribution in [2.45, 2.75) is 36.6 Å². The molecule has 0 aliphatic carbocycles. The number of hydrogen-bond acceptors (Lipinski definition) is 2. The topological polar surface area (TPSA) is 53.2 Å². The predicted octanol–water partition coefficient (Wildman–Crippen LogP) is 5.83. The second kappa shape index (κ2) is 11.0. The van der Waals surface area contributed by atoms with E-state index in [4.69, 9.17) is 47.0 Å². The molecular weight excluding hydrogens is 564 g/mol. The molecule has 0 fully saturated rings. The Morgan fingerprint density at radius 2 is 1.59 bits per heavy atom. The molecule has 156 valence electrons. The average molecular weight is 585 g/mol. The molecule has 0 bridgehead atoms. The van der Waals surface area contributed by atoms with E-state index in [1.165, 1.54) is 0 Å². The molecule has 3 N–H and O–H groups in total. The van der Waals surface area contributed by atoms with E-state index >= 15 is 0 Å². The number of para-hydroxylation sites is 1. The largest absolute Gasteiger partial charge is 0.339 e. The maximum atomic E-state index is 12.6. The van der Waals surface area contributed by atoms with Crippen molar-refractivity contribution in [2.24, 2.45) is 0 Å². The first-order valence-corrected chi connectivity index (χ1v) is 11.6. The lowest BCUT2D eigenvalue weighted by Crippen LogP contribution is -2.56. The highest BCUT2D eigenvalue weighted by Crippen LogP contribution is 2.30. The van der Waals surface area contributed by atoms with E-state index in [2.05, 4.69) is 52.4 Å². The molecule has 2 rings (SSSR count). The zero-order chi connectivity index (χ0) is 21.6. The van der Waals surface area contributed by atoms with Gasteiger partial charge in [-0.15, -0.1) is 0 Å². The summed E-state index contributed by atoms with van der Waals surface area (Å²) in [5, 5.41) is 9.05. The van der Waals surface area contributed by atoms with Gasteiger partial charge in [-0.25, -0.2) is 0 Å². The summed E-state index contributed by atoms with van der Waals surface area (Å²) in [4.78, 5) is 12.6. The first kappa shape index (κ1) is 24.5. The molecule has 1 atom stereocenters. The van der Waals surface area contributed by atoms with Gasteiger partial charge in [0.2, 0.25) is 3.79 Å². The molecular formula is C20H21Cl3IN3OS. The van der Waals surface area contributed by atoms with Crippen molar-refractivity contribution in [1.29, 1.82) is 0 Å². The maximum absolute atomic E-state index is 12.6. The first-order chi connectivity index (χ1) is 13.7. The van der Waals surface area contributed by atoms with Gasteiger partial charge in [-0.1, -0.05) is 66.8 Å². The molecule has 0 saturated heterocycles. The molecule has 9 heteroatoms. The minimum atomic E-state index is -1.82. The van der Waals surface area contributed by atoms with Crippen LogP contribution in [0.2, 0.25) is 0 Å². The maximum Gasteiger partial charge on any atom is 0.252 e. The van der Waals surface area contributed by atoms with Gasteiger partial charge in [0.25, 0.3) is 5.91 Å². The third-order valence-corrected chi connectivity index (χ3v) is 5.82. The summed E-state index contributed by atoms with van der Waals surface area (Å²) in [7, 11) is 0. The van der Waals surface area contributed by atoms with Crippen LogP contribution < -0.4 is 16.0 Å². The summed E-state index contributed by atoms with van der Waals surface area (Å²) >= 11 is 25.9. The summed E-state index contributed by atoms with van der Waals surface area (Å²) in [5.41, 5.74) is 3.64. The predicted molar refractivity (Wildman–Crippen MR) is 135 cm³/mol. The zero-order valence-electron chi connectivity index (χ0n) is 15.9. The number of anilines is 1. The Balaban J connectivity index is 2.16. The van der Waals surface area contributed by atoms with Gasteiger partial charge in [-0.3, -0.25) is 4.79 Å². The van der Waals surface area contributed by atoms with E-state index in [9.17, 15) is 4.79 Å². The number of rotatable bonds is 6. The molecule has 0 aliphatic heterocycles. The van der Waals surface area contributed by atoms with Crippen molar-refractivity contribution >= 4 is 86.3 Å². The summed E-state index contributed by atoms with van der Waals surface area (Å²) in [6.07, 6.45) is 0.657. The molecule has 29 heavy (non-hydrogen) atoms. The number of halogens is 4. The number of hydrogen-bond donors (Lipinski definition) is 3. The molecule has 0 aliphatic rings. The van der Waals surface area contributed by atoms with Gasteiger partial charge in [0.15, 0.2) is 5.11 Å². The highest BCUT2D eigenvalue weighted by Gasteiger charge is 2.35. The molecule has 0 heterocycles. The Bertz CT molecular complexity index is 850. The summed E-state index contributed by atoms with van der Waals surface area (Å²) < 4.78 is -0.801. The number of alkyl halides is 3. The molecule has 0 aromatic heterocycles. The molecule has 4 nitrogen and oxygen atoms in total. The van der Waals surface area contributed by atoms with Crippen LogP contribution in [0.3, 0.4) is 0 Å². The van der Waals surface area contributed by atoms with E-state index in [1.807, 2.05) is 30.3 Å². The van der Waals surface area contributed by atoms with Crippen molar-refractivity contribution in [3.63, 3.8) is 0 Å². The van der Waals surface area contributed by atoms with E-state index in [-0.39, 0.29) is 11.0 Å². The number of nitrogens with one attached hydrogen (secondary N) is 3. The number of benzene rings is 2. The highest BCUT2D eigenvalue weighted by atomic mass is 127. The number of thiocarbonyl (C=S) groups is 1. The van der Waals surface area contributed by atoms with Crippen molar-refractivity contribution in [3.05, 3.63) is 62.7 Å². The second-order valence-electron chi connectivity index (χ2n) is 6.21. The molecule has 0 radical (unpaired) electrons. The monoisotopic (exact) mass is 583 g/mol. The van der Waals surface area contributed by atoms with Crippen LogP contribution in [0.5, 0.6) is 0 Å². The van der Waals surface area contributed by atoms with Crippen LogP contribution in [-0.2, 0) is 12.8 Å². The second-order valence-corrected chi connectivity index (χ2v) is 10.2.